The molecule has 0 bridgehead atoms. The standard InChI is InChI=1S/C16H11ClN2O4S2/c1-2-18-15(20)14(25-16(18)24)8-10-4-6-13(23-10)9-3-5-12(19(21)22)11(17)7-9/h3-8H,2H2,1H3/b14-8-. The van der Waals surface area contributed by atoms with Crippen LogP contribution in [0.5, 0.6) is 0 Å². The highest BCUT2D eigenvalue weighted by Crippen LogP contribution is 2.34. The van der Waals surface area contributed by atoms with Crippen molar-refractivity contribution in [1.29, 1.82) is 0 Å². The van der Waals surface area contributed by atoms with Crippen LogP contribution in [-0.4, -0.2) is 26.6 Å². The van der Waals surface area contributed by atoms with Crippen molar-refractivity contribution in [2.45, 2.75) is 6.92 Å². The SMILES string of the molecule is CCN1C(=O)/C(=C/c2ccc(-c3ccc([N+](=O)[O-])c(Cl)c3)o2)SC1=S. The zero-order valence-electron chi connectivity index (χ0n) is 12.9. The average Bonchev–Trinajstić information content (AvgIpc) is 3.12. The number of hydrogen-bond donors (Lipinski definition) is 0. The van der Waals surface area contributed by atoms with E-state index in [9.17, 15) is 14.9 Å². The van der Waals surface area contributed by atoms with Gasteiger partial charge in [0.2, 0.25) is 0 Å². The molecule has 3 rings (SSSR count). The molecule has 0 atom stereocenters. The van der Waals surface area contributed by atoms with Crippen LogP contribution < -0.4 is 0 Å². The van der Waals surface area contributed by atoms with Gasteiger partial charge >= 0.3 is 0 Å². The molecule has 2 heterocycles. The van der Waals surface area contributed by atoms with Crippen molar-refractivity contribution in [2.75, 3.05) is 6.54 Å². The van der Waals surface area contributed by atoms with E-state index in [0.29, 0.717) is 32.9 Å². The van der Waals surface area contributed by atoms with Gasteiger partial charge in [-0.05, 0) is 31.2 Å². The predicted molar refractivity (Wildman–Crippen MR) is 101 cm³/mol. The monoisotopic (exact) mass is 394 g/mol. The highest BCUT2D eigenvalue weighted by Gasteiger charge is 2.30. The molecule has 0 N–H and O–H groups in total. The Bertz CT molecular complexity index is 923. The second kappa shape index (κ2) is 6.99. The number of nitro groups is 1. The first-order valence-electron chi connectivity index (χ1n) is 7.20. The van der Waals surface area contributed by atoms with Crippen molar-refractivity contribution >= 4 is 57.6 Å². The van der Waals surface area contributed by atoms with Crippen LogP contribution in [0.25, 0.3) is 17.4 Å². The Morgan fingerprint density at radius 1 is 1.40 bits per heavy atom. The van der Waals surface area contributed by atoms with Gasteiger partial charge in [0.25, 0.3) is 11.6 Å². The Morgan fingerprint density at radius 3 is 2.76 bits per heavy atom. The number of nitro benzene ring substituents is 1. The van der Waals surface area contributed by atoms with Gasteiger partial charge in [-0.1, -0.05) is 35.6 Å². The third kappa shape index (κ3) is 3.46. The number of halogens is 1. The molecular weight excluding hydrogens is 384 g/mol. The number of thiocarbonyl (C=S) groups is 1. The fraction of sp³-hybridized carbons (Fsp3) is 0.125. The second-order valence-electron chi connectivity index (χ2n) is 5.05. The largest absolute Gasteiger partial charge is 0.457 e. The fourth-order valence-corrected chi connectivity index (χ4v) is 3.91. The highest BCUT2D eigenvalue weighted by molar-refractivity contribution is 8.26. The first-order valence-corrected chi connectivity index (χ1v) is 8.80. The molecule has 128 valence electrons. The summed E-state index contributed by atoms with van der Waals surface area (Å²) in [6.45, 7) is 2.38. The zero-order valence-corrected chi connectivity index (χ0v) is 15.3. The lowest BCUT2D eigenvalue weighted by atomic mass is 10.1. The molecule has 1 aromatic carbocycles. The lowest BCUT2D eigenvalue weighted by molar-refractivity contribution is -0.384. The Kier molecular flexibility index (Phi) is 4.94. The Labute approximate surface area is 157 Å². The number of thioether (sulfide) groups is 1. The van der Waals surface area contributed by atoms with Crippen molar-refractivity contribution in [3.8, 4) is 11.3 Å². The molecule has 1 aliphatic heterocycles. The Morgan fingerprint density at radius 2 is 2.16 bits per heavy atom. The van der Waals surface area contributed by atoms with Crippen LogP contribution in [0, 0.1) is 10.1 Å². The van der Waals surface area contributed by atoms with Crippen molar-refractivity contribution in [2.24, 2.45) is 0 Å². The second-order valence-corrected chi connectivity index (χ2v) is 7.13. The summed E-state index contributed by atoms with van der Waals surface area (Å²) in [4.78, 5) is 24.5. The lowest BCUT2D eigenvalue weighted by Gasteiger charge is -2.09. The minimum Gasteiger partial charge on any atom is -0.457 e. The Balaban J connectivity index is 1.87. The maximum absolute atomic E-state index is 12.2. The molecule has 1 aliphatic rings. The smallest absolute Gasteiger partial charge is 0.287 e. The lowest BCUT2D eigenvalue weighted by Crippen LogP contribution is -2.27. The summed E-state index contributed by atoms with van der Waals surface area (Å²) in [5, 5.41) is 10.8. The maximum Gasteiger partial charge on any atom is 0.287 e. The van der Waals surface area contributed by atoms with E-state index in [1.54, 1.807) is 24.3 Å². The van der Waals surface area contributed by atoms with E-state index in [1.165, 1.54) is 28.8 Å². The topological polar surface area (TPSA) is 76.6 Å². The van der Waals surface area contributed by atoms with Gasteiger partial charge in [-0.15, -0.1) is 0 Å². The van der Waals surface area contributed by atoms with E-state index >= 15 is 0 Å². The quantitative estimate of drug-likeness (QED) is 0.323. The van der Waals surface area contributed by atoms with E-state index in [4.69, 9.17) is 28.2 Å². The van der Waals surface area contributed by atoms with E-state index < -0.39 is 4.92 Å². The molecule has 1 fully saturated rings. The summed E-state index contributed by atoms with van der Waals surface area (Å²) in [5.74, 6) is 0.837. The highest BCUT2D eigenvalue weighted by atomic mass is 35.5. The van der Waals surface area contributed by atoms with Crippen molar-refractivity contribution < 1.29 is 14.1 Å². The van der Waals surface area contributed by atoms with Gasteiger partial charge in [-0.25, -0.2) is 0 Å². The zero-order chi connectivity index (χ0) is 18.1. The molecule has 0 saturated carbocycles. The van der Waals surface area contributed by atoms with Crippen LogP contribution >= 0.6 is 35.6 Å². The van der Waals surface area contributed by atoms with Crippen LogP contribution in [0.3, 0.4) is 0 Å². The summed E-state index contributed by atoms with van der Waals surface area (Å²) < 4.78 is 6.23. The van der Waals surface area contributed by atoms with Gasteiger partial charge in [-0.3, -0.25) is 19.8 Å². The summed E-state index contributed by atoms with van der Waals surface area (Å²) >= 11 is 12.3. The first-order chi connectivity index (χ1) is 11.9. The number of hydrogen-bond acceptors (Lipinski definition) is 6. The van der Waals surface area contributed by atoms with E-state index in [2.05, 4.69) is 0 Å². The summed E-state index contributed by atoms with van der Waals surface area (Å²) in [6, 6.07) is 7.78. The number of carbonyl (C=O) groups excluding carboxylic acids is 1. The molecule has 0 aliphatic carbocycles. The van der Waals surface area contributed by atoms with Crippen molar-refractivity contribution in [3.05, 3.63) is 56.1 Å². The van der Waals surface area contributed by atoms with Gasteiger partial charge < -0.3 is 4.42 Å². The normalized spacial score (nSPS) is 16.1. The molecule has 9 heteroatoms. The van der Waals surface area contributed by atoms with Gasteiger partial charge in [0.1, 0.15) is 20.9 Å². The van der Waals surface area contributed by atoms with Crippen molar-refractivity contribution in [1.82, 2.24) is 4.90 Å². The third-order valence-electron chi connectivity index (χ3n) is 3.52. The minimum absolute atomic E-state index is 0.0317. The van der Waals surface area contributed by atoms with Crippen LogP contribution in [0.4, 0.5) is 5.69 Å². The number of rotatable bonds is 4. The van der Waals surface area contributed by atoms with Crippen LogP contribution in [0.15, 0.2) is 39.7 Å². The maximum atomic E-state index is 12.2. The van der Waals surface area contributed by atoms with Gasteiger partial charge in [0.15, 0.2) is 0 Å². The van der Waals surface area contributed by atoms with Gasteiger partial charge in [-0.2, -0.15) is 0 Å². The Hall–Kier alpha value is -2.16. The van der Waals surface area contributed by atoms with Crippen molar-refractivity contribution in [3.63, 3.8) is 0 Å². The molecule has 2 aromatic rings. The number of benzene rings is 1. The van der Waals surface area contributed by atoms with E-state index in [-0.39, 0.29) is 16.6 Å². The number of carbonyl (C=O) groups is 1. The summed E-state index contributed by atoms with van der Waals surface area (Å²) in [5.41, 5.74) is 0.441. The molecule has 0 spiro atoms. The number of likely N-dealkylation sites (N-methyl/N-ethyl adjacent to an activating group) is 1. The molecule has 0 unspecified atom stereocenters. The summed E-state index contributed by atoms with van der Waals surface area (Å²) in [6.07, 6.45) is 1.63. The molecule has 1 saturated heterocycles. The summed E-state index contributed by atoms with van der Waals surface area (Å²) in [7, 11) is 0. The first kappa shape index (κ1) is 17.7. The van der Waals surface area contributed by atoms with Crippen LogP contribution in [0.2, 0.25) is 5.02 Å². The number of furan rings is 1. The average molecular weight is 395 g/mol. The molecule has 6 nitrogen and oxygen atoms in total. The molecule has 1 aromatic heterocycles. The van der Waals surface area contributed by atoms with Gasteiger partial charge in [0, 0.05) is 24.3 Å². The molecular formula is C16H11ClN2O4S2. The van der Waals surface area contributed by atoms with E-state index in [0.717, 1.165) is 0 Å². The fourth-order valence-electron chi connectivity index (χ4n) is 2.30. The molecule has 25 heavy (non-hydrogen) atoms. The molecule has 0 radical (unpaired) electrons. The predicted octanol–water partition coefficient (Wildman–Crippen LogP) is 4.73. The molecule has 1 amide bonds. The third-order valence-corrected chi connectivity index (χ3v) is 5.20. The van der Waals surface area contributed by atoms with Crippen LogP contribution in [0.1, 0.15) is 12.7 Å². The number of nitrogens with zero attached hydrogens (tertiary/aromatic N) is 2. The number of amides is 1. The van der Waals surface area contributed by atoms with Gasteiger partial charge in [0.05, 0.1) is 9.83 Å². The minimum atomic E-state index is -0.546. The van der Waals surface area contributed by atoms with E-state index in [1.807, 2.05) is 6.92 Å². The van der Waals surface area contributed by atoms with Crippen LogP contribution in [-0.2, 0) is 4.79 Å².